The highest BCUT2D eigenvalue weighted by Gasteiger charge is 2.39. The van der Waals surface area contributed by atoms with Crippen molar-refractivity contribution in [1.82, 2.24) is 4.90 Å². The van der Waals surface area contributed by atoms with Crippen LogP contribution in [0.2, 0.25) is 0 Å². The second-order valence-corrected chi connectivity index (χ2v) is 5.59. The Labute approximate surface area is 115 Å². The second-order valence-electron chi connectivity index (χ2n) is 5.59. The molecular weight excluding hydrogens is 234 g/mol. The van der Waals surface area contributed by atoms with Crippen LogP contribution in [0.25, 0.3) is 0 Å². The van der Waals surface area contributed by atoms with E-state index in [9.17, 15) is 4.79 Å². The zero-order chi connectivity index (χ0) is 13.2. The topological polar surface area (TPSA) is 20.3 Å². The summed E-state index contributed by atoms with van der Waals surface area (Å²) in [4.78, 5) is 14.5. The summed E-state index contributed by atoms with van der Waals surface area (Å²) in [5.41, 5.74) is 1.27. The minimum atomic E-state index is 0.234. The molecule has 0 aliphatic carbocycles. The summed E-state index contributed by atoms with van der Waals surface area (Å²) in [7, 11) is 0. The van der Waals surface area contributed by atoms with E-state index in [-0.39, 0.29) is 6.04 Å². The van der Waals surface area contributed by atoms with E-state index in [4.69, 9.17) is 0 Å². The highest BCUT2D eigenvalue weighted by Crippen LogP contribution is 2.39. The molecule has 3 rings (SSSR count). The average Bonchev–Trinajstić information content (AvgIpc) is 2.48. The van der Waals surface area contributed by atoms with E-state index in [2.05, 4.69) is 48.2 Å². The molecule has 100 valence electrons. The number of hydrogen-bond donors (Lipinski definition) is 0. The van der Waals surface area contributed by atoms with Crippen LogP contribution in [0.5, 0.6) is 0 Å². The van der Waals surface area contributed by atoms with Crippen LogP contribution >= 0.6 is 0 Å². The summed E-state index contributed by atoms with van der Waals surface area (Å²) in [6.45, 7) is 2.23. The third-order valence-corrected chi connectivity index (χ3v) is 4.56. The molecule has 0 N–H and O–H groups in total. The van der Waals surface area contributed by atoms with Crippen LogP contribution in [0, 0.1) is 5.92 Å². The van der Waals surface area contributed by atoms with Crippen molar-refractivity contribution >= 4 is 5.91 Å². The Balaban J connectivity index is 1.95. The van der Waals surface area contributed by atoms with Gasteiger partial charge >= 0.3 is 0 Å². The molecule has 2 nitrogen and oxygen atoms in total. The van der Waals surface area contributed by atoms with Gasteiger partial charge in [-0.1, -0.05) is 55.8 Å². The van der Waals surface area contributed by atoms with Crippen molar-refractivity contribution in [1.29, 1.82) is 0 Å². The van der Waals surface area contributed by atoms with Gasteiger partial charge in [0.2, 0.25) is 5.91 Å². The molecule has 3 atom stereocenters. The third-order valence-electron chi connectivity index (χ3n) is 4.56. The van der Waals surface area contributed by atoms with E-state index < -0.39 is 0 Å². The SMILES string of the molecule is CC[C@H]1CCC(=O)N2[C@H](c3ccccc3)CC=C[C@@H]12. The first-order valence-electron chi connectivity index (χ1n) is 7.34. The first-order chi connectivity index (χ1) is 9.31. The van der Waals surface area contributed by atoms with Crippen LogP contribution in [-0.4, -0.2) is 16.8 Å². The van der Waals surface area contributed by atoms with Crippen molar-refractivity contribution < 1.29 is 4.79 Å². The predicted molar refractivity (Wildman–Crippen MR) is 76.6 cm³/mol. The van der Waals surface area contributed by atoms with Gasteiger partial charge in [-0.3, -0.25) is 4.79 Å². The Morgan fingerprint density at radius 2 is 2.05 bits per heavy atom. The maximum atomic E-state index is 12.4. The maximum Gasteiger partial charge on any atom is 0.223 e. The van der Waals surface area contributed by atoms with E-state index in [0.29, 0.717) is 24.3 Å². The lowest BCUT2D eigenvalue weighted by atomic mass is 9.81. The van der Waals surface area contributed by atoms with Gasteiger partial charge in [-0.05, 0) is 24.3 Å². The number of amides is 1. The van der Waals surface area contributed by atoms with E-state index in [0.717, 1.165) is 19.3 Å². The highest BCUT2D eigenvalue weighted by atomic mass is 16.2. The van der Waals surface area contributed by atoms with Crippen LogP contribution in [-0.2, 0) is 4.79 Å². The minimum absolute atomic E-state index is 0.234. The fourth-order valence-electron chi connectivity index (χ4n) is 3.51. The number of rotatable bonds is 2. The summed E-state index contributed by atoms with van der Waals surface area (Å²) in [6.07, 6.45) is 8.38. The lowest BCUT2D eigenvalue weighted by Gasteiger charge is -2.46. The van der Waals surface area contributed by atoms with Gasteiger partial charge in [0.15, 0.2) is 0 Å². The maximum absolute atomic E-state index is 12.4. The van der Waals surface area contributed by atoms with E-state index >= 15 is 0 Å². The summed E-state index contributed by atoms with van der Waals surface area (Å²) in [5, 5.41) is 0. The second kappa shape index (κ2) is 5.20. The van der Waals surface area contributed by atoms with Gasteiger partial charge in [-0.15, -0.1) is 0 Å². The molecule has 1 aromatic rings. The molecule has 1 amide bonds. The molecule has 0 unspecified atom stereocenters. The molecular formula is C17H21NO. The lowest BCUT2D eigenvalue weighted by molar-refractivity contribution is -0.141. The monoisotopic (exact) mass is 255 g/mol. The molecule has 1 aromatic carbocycles. The first kappa shape index (κ1) is 12.5. The molecule has 0 aromatic heterocycles. The Hall–Kier alpha value is -1.57. The summed E-state index contributed by atoms with van der Waals surface area (Å²) >= 11 is 0. The molecule has 0 bridgehead atoms. The minimum Gasteiger partial charge on any atom is -0.329 e. The molecule has 0 spiro atoms. The summed E-state index contributed by atoms with van der Waals surface area (Å²) < 4.78 is 0. The van der Waals surface area contributed by atoms with Crippen molar-refractivity contribution in [2.75, 3.05) is 0 Å². The molecule has 0 radical (unpaired) electrons. The number of hydrogen-bond acceptors (Lipinski definition) is 1. The zero-order valence-electron chi connectivity index (χ0n) is 11.5. The van der Waals surface area contributed by atoms with Crippen LogP contribution in [0.15, 0.2) is 42.5 Å². The Morgan fingerprint density at radius 1 is 1.26 bits per heavy atom. The highest BCUT2D eigenvalue weighted by molar-refractivity contribution is 5.78. The van der Waals surface area contributed by atoms with Crippen molar-refractivity contribution in [3.05, 3.63) is 48.0 Å². The smallest absolute Gasteiger partial charge is 0.223 e. The van der Waals surface area contributed by atoms with Gasteiger partial charge in [0.25, 0.3) is 0 Å². The van der Waals surface area contributed by atoms with Gasteiger partial charge in [0, 0.05) is 6.42 Å². The van der Waals surface area contributed by atoms with Crippen molar-refractivity contribution in [3.8, 4) is 0 Å². The van der Waals surface area contributed by atoms with Crippen LogP contribution in [0.1, 0.15) is 44.2 Å². The Kier molecular flexibility index (Phi) is 3.41. The largest absolute Gasteiger partial charge is 0.329 e. The molecule has 1 saturated heterocycles. The van der Waals surface area contributed by atoms with Gasteiger partial charge in [-0.2, -0.15) is 0 Å². The van der Waals surface area contributed by atoms with Crippen LogP contribution < -0.4 is 0 Å². The normalized spacial score (nSPS) is 30.3. The van der Waals surface area contributed by atoms with Crippen molar-refractivity contribution in [3.63, 3.8) is 0 Å². The van der Waals surface area contributed by atoms with Crippen LogP contribution in [0.3, 0.4) is 0 Å². The molecule has 0 saturated carbocycles. The zero-order valence-corrected chi connectivity index (χ0v) is 11.5. The molecule has 2 heterocycles. The predicted octanol–water partition coefficient (Wildman–Crippen LogP) is 3.70. The molecule has 19 heavy (non-hydrogen) atoms. The summed E-state index contributed by atoms with van der Waals surface area (Å²) in [6, 6.07) is 11.0. The van der Waals surface area contributed by atoms with Crippen LogP contribution in [0.4, 0.5) is 0 Å². The van der Waals surface area contributed by atoms with E-state index in [1.54, 1.807) is 0 Å². The number of piperidine rings is 1. The van der Waals surface area contributed by atoms with Crippen molar-refractivity contribution in [2.45, 2.75) is 44.7 Å². The quantitative estimate of drug-likeness (QED) is 0.738. The van der Waals surface area contributed by atoms with Gasteiger partial charge in [0.05, 0.1) is 12.1 Å². The average molecular weight is 255 g/mol. The summed E-state index contributed by atoms with van der Waals surface area (Å²) in [5.74, 6) is 0.952. The number of carbonyl (C=O) groups excluding carboxylic acids is 1. The van der Waals surface area contributed by atoms with E-state index in [1.807, 2.05) is 6.07 Å². The van der Waals surface area contributed by atoms with Gasteiger partial charge < -0.3 is 4.90 Å². The number of nitrogens with zero attached hydrogens (tertiary/aromatic N) is 1. The molecule has 2 aliphatic rings. The number of fused-ring (bicyclic) bond motifs is 1. The third kappa shape index (κ3) is 2.20. The lowest BCUT2D eigenvalue weighted by Crippen LogP contribution is -2.50. The molecule has 1 fully saturated rings. The fraction of sp³-hybridized carbons (Fsp3) is 0.471. The number of benzene rings is 1. The molecule has 2 heteroatoms. The molecule has 2 aliphatic heterocycles. The Morgan fingerprint density at radius 3 is 2.79 bits per heavy atom. The standard InChI is InChI=1S/C17H21NO/c1-2-13-11-12-17(19)18-15(13)9-6-10-16(18)14-7-4-3-5-8-14/h3-9,13,15-16H,2,10-12H2,1H3/t13-,15-,16-/m0/s1. The fourth-order valence-corrected chi connectivity index (χ4v) is 3.51. The van der Waals surface area contributed by atoms with E-state index in [1.165, 1.54) is 5.56 Å². The first-order valence-corrected chi connectivity index (χ1v) is 7.34. The van der Waals surface area contributed by atoms with Crippen molar-refractivity contribution in [2.24, 2.45) is 5.92 Å². The Bertz CT molecular complexity index is 479. The van der Waals surface area contributed by atoms with Gasteiger partial charge in [0.1, 0.15) is 0 Å². The number of carbonyl (C=O) groups is 1. The van der Waals surface area contributed by atoms with Gasteiger partial charge in [-0.25, -0.2) is 0 Å².